The van der Waals surface area contributed by atoms with Crippen molar-refractivity contribution in [3.63, 3.8) is 0 Å². The highest BCUT2D eigenvalue weighted by atomic mass is 16.4. The van der Waals surface area contributed by atoms with Crippen molar-refractivity contribution in [3.8, 4) is 0 Å². The number of hydrogen-bond acceptors (Lipinski definition) is 4. The normalized spacial score (nSPS) is 14.2. The lowest BCUT2D eigenvalue weighted by Gasteiger charge is -2.20. The lowest BCUT2D eigenvalue weighted by atomic mass is 10.1. The van der Waals surface area contributed by atoms with Crippen molar-refractivity contribution in [3.05, 3.63) is 33.9 Å². The number of aromatic nitrogens is 3. The summed E-state index contributed by atoms with van der Waals surface area (Å²) < 4.78 is 1.27. The largest absolute Gasteiger partial charge is 0.480 e. The molecule has 0 spiro atoms. The summed E-state index contributed by atoms with van der Waals surface area (Å²) in [5, 5.41) is 11.7. The van der Waals surface area contributed by atoms with Crippen LogP contribution in [0.2, 0.25) is 0 Å². The number of aromatic amines is 1. The molecule has 0 aromatic carbocycles. The van der Waals surface area contributed by atoms with Crippen LogP contribution in [0.4, 0.5) is 0 Å². The summed E-state index contributed by atoms with van der Waals surface area (Å²) in [5.41, 5.74) is 0.945. The zero-order valence-electron chi connectivity index (χ0n) is 12.1. The lowest BCUT2D eigenvalue weighted by molar-refractivity contribution is -0.144. The van der Waals surface area contributed by atoms with Gasteiger partial charge in [0.2, 0.25) is 5.91 Å². The number of carboxylic acids is 1. The highest BCUT2D eigenvalue weighted by molar-refractivity contribution is 5.83. The molecular formula is C14H16N4O4. The Balaban J connectivity index is 1.90. The van der Waals surface area contributed by atoms with Gasteiger partial charge in [0, 0.05) is 29.6 Å². The third-order valence-electron chi connectivity index (χ3n) is 3.79. The standard InChI is InChI=1S/C14H16N4O4/c1-8-10(14(22)18-11(16-8)4-5-15-18)6-12(19)17(7-13(20)21)9-2-3-9/h4-5,9,15H,2-3,6-7H2,1H3,(H,20,21). The van der Waals surface area contributed by atoms with Gasteiger partial charge in [-0.15, -0.1) is 0 Å². The Morgan fingerprint density at radius 2 is 2.23 bits per heavy atom. The van der Waals surface area contributed by atoms with Crippen molar-refractivity contribution in [1.29, 1.82) is 0 Å². The summed E-state index contributed by atoms with van der Waals surface area (Å²) in [6.45, 7) is 1.34. The van der Waals surface area contributed by atoms with Crippen LogP contribution in [-0.2, 0) is 16.0 Å². The minimum atomic E-state index is -1.05. The second-order valence-electron chi connectivity index (χ2n) is 5.46. The second kappa shape index (κ2) is 5.28. The minimum Gasteiger partial charge on any atom is -0.480 e. The summed E-state index contributed by atoms with van der Waals surface area (Å²) in [7, 11) is 0. The van der Waals surface area contributed by atoms with Crippen LogP contribution in [-0.4, -0.2) is 49.1 Å². The van der Waals surface area contributed by atoms with E-state index in [1.807, 2.05) is 0 Å². The number of rotatable bonds is 5. The van der Waals surface area contributed by atoms with E-state index in [2.05, 4.69) is 10.1 Å². The molecule has 2 aromatic rings. The molecule has 0 aliphatic heterocycles. The Kier molecular flexibility index (Phi) is 3.44. The first-order valence-corrected chi connectivity index (χ1v) is 7.04. The Morgan fingerprint density at radius 1 is 1.50 bits per heavy atom. The molecule has 8 nitrogen and oxygen atoms in total. The number of fused-ring (bicyclic) bond motifs is 1. The van der Waals surface area contributed by atoms with E-state index in [4.69, 9.17) is 5.11 Å². The van der Waals surface area contributed by atoms with E-state index in [1.54, 1.807) is 19.2 Å². The molecule has 22 heavy (non-hydrogen) atoms. The molecule has 1 aliphatic rings. The molecule has 116 valence electrons. The maximum atomic E-state index is 12.4. The van der Waals surface area contributed by atoms with Crippen LogP contribution in [0.3, 0.4) is 0 Å². The molecular weight excluding hydrogens is 288 g/mol. The van der Waals surface area contributed by atoms with Gasteiger partial charge in [0.25, 0.3) is 5.56 Å². The van der Waals surface area contributed by atoms with Crippen molar-refractivity contribution in [2.45, 2.75) is 32.2 Å². The molecule has 1 fully saturated rings. The number of amides is 1. The number of nitrogens with zero attached hydrogens (tertiary/aromatic N) is 3. The first-order valence-electron chi connectivity index (χ1n) is 7.04. The van der Waals surface area contributed by atoms with E-state index in [-0.39, 0.29) is 30.5 Å². The number of hydrogen-bond donors (Lipinski definition) is 2. The van der Waals surface area contributed by atoms with Crippen LogP contribution in [0.25, 0.3) is 5.65 Å². The topological polar surface area (TPSA) is 108 Å². The highest BCUT2D eigenvalue weighted by Gasteiger charge is 2.34. The summed E-state index contributed by atoms with van der Waals surface area (Å²) in [6, 6.07) is 1.65. The Hall–Kier alpha value is -2.64. The molecule has 0 radical (unpaired) electrons. The predicted octanol–water partition coefficient (Wildman–Crippen LogP) is -0.0509. The van der Waals surface area contributed by atoms with E-state index >= 15 is 0 Å². The number of aryl methyl sites for hydroxylation is 1. The SMILES string of the molecule is Cc1nc2cc[nH]n2c(=O)c1CC(=O)N(CC(=O)O)C1CC1. The molecule has 2 heterocycles. The molecule has 1 aliphatic carbocycles. The number of carbonyl (C=O) groups is 2. The van der Waals surface area contributed by atoms with Crippen molar-refractivity contribution >= 4 is 17.5 Å². The molecule has 2 aromatic heterocycles. The number of aliphatic carboxylic acids is 1. The fraction of sp³-hybridized carbons (Fsp3) is 0.429. The van der Waals surface area contributed by atoms with E-state index < -0.39 is 5.97 Å². The molecule has 3 rings (SSSR count). The van der Waals surface area contributed by atoms with Crippen LogP contribution < -0.4 is 5.56 Å². The van der Waals surface area contributed by atoms with Gasteiger partial charge in [-0.2, -0.15) is 0 Å². The summed E-state index contributed by atoms with van der Waals surface area (Å²) in [6.07, 6.45) is 3.08. The van der Waals surface area contributed by atoms with Gasteiger partial charge < -0.3 is 10.0 Å². The number of nitrogens with one attached hydrogen (secondary N) is 1. The molecule has 0 unspecified atom stereocenters. The lowest BCUT2D eigenvalue weighted by Crippen LogP contribution is -2.39. The molecule has 2 N–H and O–H groups in total. The molecule has 8 heteroatoms. The van der Waals surface area contributed by atoms with Crippen LogP contribution >= 0.6 is 0 Å². The molecule has 1 amide bonds. The van der Waals surface area contributed by atoms with Gasteiger partial charge in [0.1, 0.15) is 6.54 Å². The maximum absolute atomic E-state index is 12.4. The van der Waals surface area contributed by atoms with Gasteiger partial charge in [0.05, 0.1) is 6.42 Å². The van der Waals surface area contributed by atoms with Gasteiger partial charge in [-0.1, -0.05) is 0 Å². The van der Waals surface area contributed by atoms with Crippen LogP contribution in [0.1, 0.15) is 24.1 Å². The monoisotopic (exact) mass is 304 g/mol. The van der Waals surface area contributed by atoms with Crippen LogP contribution in [0.15, 0.2) is 17.1 Å². The van der Waals surface area contributed by atoms with E-state index in [0.29, 0.717) is 16.9 Å². The first-order chi connectivity index (χ1) is 10.5. The average Bonchev–Trinajstić information content (AvgIpc) is 3.19. The maximum Gasteiger partial charge on any atom is 0.323 e. The van der Waals surface area contributed by atoms with Crippen molar-refractivity contribution in [1.82, 2.24) is 19.5 Å². The third kappa shape index (κ3) is 2.59. The highest BCUT2D eigenvalue weighted by Crippen LogP contribution is 2.27. The predicted molar refractivity (Wildman–Crippen MR) is 76.6 cm³/mol. The molecule has 0 bridgehead atoms. The summed E-state index contributed by atoms with van der Waals surface area (Å²) in [4.78, 5) is 41.3. The Bertz CT molecular complexity index is 803. The smallest absolute Gasteiger partial charge is 0.323 e. The van der Waals surface area contributed by atoms with Crippen molar-refractivity contribution in [2.24, 2.45) is 0 Å². The van der Waals surface area contributed by atoms with Crippen LogP contribution in [0.5, 0.6) is 0 Å². The molecule has 1 saturated carbocycles. The van der Waals surface area contributed by atoms with E-state index in [1.165, 1.54) is 9.42 Å². The Labute approximate surface area is 125 Å². The zero-order chi connectivity index (χ0) is 15.9. The number of carboxylic acid groups (broad SMARTS) is 1. The van der Waals surface area contributed by atoms with E-state index in [9.17, 15) is 14.4 Å². The Morgan fingerprint density at radius 3 is 2.86 bits per heavy atom. The summed E-state index contributed by atoms with van der Waals surface area (Å²) >= 11 is 0. The third-order valence-corrected chi connectivity index (χ3v) is 3.79. The fourth-order valence-electron chi connectivity index (χ4n) is 2.52. The van der Waals surface area contributed by atoms with Gasteiger partial charge >= 0.3 is 5.97 Å². The minimum absolute atomic E-state index is 0.0196. The van der Waals surface area contributed by atoms with Gasteiger partial charge in [-0.3, -0.25) is 19.5 Å². The molecule has 0 atom stereocenters. The number of carbonyl (C=O) groups excluding carboxylic acids is 1. The van der Waals surface area contributed by atoms with Gasteiger partial charge in [0.15, 0.2) is 5.65 Å². The second-order valence-corrected chi connectivity index (χ2v) is 5.46. The van der Waals surface area contributed by atoms with Crippen molar-refractivity contribution in [2.75, 3.05) is 6.54 Å². The van der Waals surface area contributed by atoms with E-state index in [0.717, 1.165) is 12.8 Å². The molecule has 0 saturated heterocycles. The zero-order valence-corrected chi connectivity index (χ0v) is 12.1. The number of H-pyrrole nitrogens is 1. The first kappa shape index (κ1) is 14.3. The van der Waals surface area contributed by atoms with Crippen molar-refractivity contribution < 1.29 is 14.7 Å². The summed E-state index contributed by atoms with van der Waals surface area (Å²) in [5.74, 6) is -1.40. The van der Waals surface area contributed by atoms with Gasteiger partial charge in [-0.05, 0) is 19.8 Å². The van der Waals surface area contributed by atoms with Crippen LogP contribution in [0, 0.1) is 6.92 Å². The average molecular weight is 304 g/mol. The quantitative estimate of drug-likeness (QED) is 0.805. The van der Waals surface area contributed by atoms with Gasteiger partial charge in [-0.25, -0.2) is 9.50 Å². The fourth-order valence-corrected chi connectivity index (χ4v) is 2.52.